The van der Waals surface area contributed by atoms with Crippen molar-refractivity contribution in [3.8, 4) is 0 Å². The number of allylic oxidation sites excluding steroid dienone is 1. The van der Waals surface area contributed by atoms with Crippen LogP contribution in [0.5, 0.6) is 0 Å². The molecule has 0 spiro atoms. The fourth-order valence-electron chi connectivity index (χ4n) is 1.24. The summed E-state index contributed by atoms with van der Waals surface area (Å²) in [6.07, 6.45) is -5.56. The van der Waals surface area contributed by atoms with Crippen molar-refractivity contribution in [3.05, 3.63) is 9.81 Å². The zero-order valence-electron chi connectivity index (χ0n) is 7.85. The van der Waals surface area contributed by atoms with Crippen LogP contribution in [0.1, 0.15) is 0 Å². The number of halogens is 3. The van der Waals surface area contributed by atoms with Crippen LogP contribution >= 0.6 is 0 Å². The van der Waals surface area contributed by atoms with E-state index in [4.69, 9.17) is 5.11 Å². The number of alkyl halides is 3. The summed E-state index contributed by atoms with van der Waals surface area (Å²) in [5.41, 5.74) is 0. The van der Waals surface area contributed by atoms with Crippen molar-refractivity contribution in [2.75, 3.05) is 11.5 Å². The van der Waals surface area contributed by atoms with Gasteiger partial charge in [-0.1, -0.05) is 0 Å². The molecule has 0 bridgehead atoms. The number of carbonyl (C=O) groups is 1. The highest BCUT2D eigenvalue weighted by molar-refractivity contribution is 8.02. The lowest BCUT2D eigenvalue weighted by molar-refractivity contribution is -0.132. The Bertz CT molecular complexity index is 594. The number of hydrogen-bond acceptors (Lipinski definition) is 5. The third-order valence-electron chi connectivity index (χ3n) is 1.90. The van der Waals surface area contributed by atoms with Crippen LogP contribution in [-0.2, 0) is 24.5 Å². The molecule has 1 rings (SSSR count). The van der Waals surface area contributed by atoms with E-state index in [1.807, 2.05) is 0 Å². The average molecular weight is 294 g/mol. The van der Waals surface area contributed by atoms with Crippen LogP contribution in [0.2, 0.25) is 0 Å². The first-order valence-corrected chi connectivity index (χ1v) is 7.20. The first-order valence-electron chi connectivity index (χ1n) is 3.90. The van der Waals surface area contributed by atoms with Crippen LogP contribution in [0.3, 0.4) is 0 Å². The minimum Gasteiger partial charge on any atom is -0.477 e. The summed E-state index contributed by atoms with van der Waals surface area (Å²) < 4.78 is 81.9. The number of hydrogen-bond donors (Lipinski definition) is 1. The normalized spacial score (nSPS) is 23.5. The number of sulfone groups is 2. The SMILES string of the molecule is O=C(O)C1=C(C(F)(F)F)S(=O)(=O)CCS1(=O)=O. The molecule has 0 amide bonds. The first-order chi connectivity index (χ1) is 7.39. The van der Waals surface area contributed by atoms with Crippen LogP contribution in [0.4, 0.5) is 13.2 Å². The van der Waals surface area contributed by atoms with Crippen LogP contribution in [0, 0.1) is 0 Å². The van der Waals surface area contributed by atoms with E-state index in [0.29, 0.717) is 0 Å². The maximum Gasteiger partial charge on any atom is 0.428 e. The van der Waals surface area contributed by atoms with Crippen molar-refractivity contribution in [2.24, 2.45) is 0 Å². The van der Waals surface area contributed by atoms with E-state index in [9.17, 15) is 34.8 Å². The van der Waals surface area contributed by atoms with Gasteiger partial charge in [0.05, 0.1) is 11.5 Å². The molecule has 0 unspecified atom stereocenters. The van der Waals surface area contributed by atoms with E-state index in [0.717, 1.165) is 0 Å². The highest BCUT2D eigenvalue weighted by atomic mass is 32.2. The van der Waals surface area contributed by atoms with Crippen molar-refractivity contribution in [2.45, 2.75) is 6.18 Å². The standard InChI is InChI=1S/C6H5F3O6S2/c7-6(8,9)4-3(5(10)11)16(12,13)1-2-17(4,14)15/h1-2H2,(H,10,11). The van der Waals surface area contributed by atoms with Crippen molar-refractivity contribution >= 4 is 25.6 Å². The van der Waals surface area contributed by atoms with Gasteiger partial charge in [0.2, 0.25) is 0 Å². The van der Waals surface area contributed by atoms with Crippen LogP contribution in [-0.4, -0.2) is 45.6 Å². The Morgan fingerprint density at radius 3 is 1.76 bits per heavy atom. The Kier molecular flexibility index (Phi) is 3.04. The molecule has 0 aliphatic carbocycles. The highest BCUT2D eigenvalue weighted by Crippen LogP contribution is 2.37. The van der Waals surface area contributed by atoms with Gasteiger partial charge in [-0.25, -0.2) is 21.6 Å². The summed E-state index contributed by atoms with van der Waals surface area (Å²) in [7, 11) is -9.70. The zero-order valence-corrected chi connectivity index (χ0v) is 9.49. The summed E-state index contributed by atoms with van der Waals surface area (Å²) in [5, 5.41) is 8.44. The van der Waals surface area contributed by atoms with E-state index in [2.05, 4.69) is 0 Å². The monoisotopic (exact) mass is 294 g/mol. The molecule has 1 aliphatic heterocycles. The second kappa shape index (κ2) is 3.70. The van der Waals surface area contributed by atoms with Gasteiger partial charge in [-0.05, 0) is 0 Å². The van der Waals surface area contributed by atoms with Crippen LogP contribution in [0.15, 0.2) is 9.81 Å². The molecular formula is C6H5F3O6S2. The van der Waals surface area contributed by atoms with Gasteiger partial charge in [-0.3, -0.25) is 0 Å². The van der Waals surface area contributed by atoms with Crippen LogP contribution in [0.25, 0.3) is 0 Å². The van der Waals surface area contributed by atoms with E-state index in [-0.39, 0.29) is 0 Å². The van der Waals surface area contributed by atoms with Gasteiger partial charge >= 0.3 is 12.1 Å². The predicted octanol–water partition coefficient (Wildman–Crippen LogP) is -0.312. The maximum absolute atomic E-state index is 12.4. The smallest absolute Gasteiger partial charge is 0.428 e. The summed E-state index contributed by atoms with van der Waals surface area (Å²) in [5.74, 6) is -4.88. The molecule has 1 heterocycles. The number of rotatable bonds is 1. The molecule has 0 saturated carbocycles. The second-order valence-electron chi connectivity index (χ2n) is 3.10. The Hall–Kier alpha value is -1.10. The molecular weight excluding hydrogens is 289 g/mol. The molecule has 0 fully saturated rings. The maximum atomic E-state index is 12.4. The van der Waals surface area contributed by atoms with Crippen LogP contribution < -0.4 is 0 Å². The highest BCUT2D eigenvalue weighted by Gasteiger charge is 2.52. The Morgan fingerprint density at radius 2 is 1.47 bits per heavy atom. The fraction of sp³-hybridized carbons (Fsp3) is 0.500. The van der Waals surface area contributed by atoms with E-state index in [1.165, 1.54) is 0 Å². The molecule has 1 aliphatic rings. The summed E-state index contributed by atoms with van der Waals surface area (Å²) in [4.78, 5) is 5.92. The lowest BCUT2D eigenvalue weighted by atomic mass is 10.5. The van der Waals surface area contributed by atoms with E-state index in [1.54, 1.807) is 0 Å². The second-order valence-corrected chi connectivity index (χ2v) is 7.19. The minimum absolute atomic E-state index is 1.17. The summed E-state index contributed by atoms with van der Waals surface area (Å²) in [6, 6.07) is 0. The topological polar surface area (TPSA) is 106 Å². The molecule has 98 valence electrons. The number of carboxylic acid groups (broad SMARTS) is 1. The first kappa shape index (κ1) is 14.0. The lowest BCUT2D eigenvalue weighted by Crippen LogP contribution is -2.37. The summed E-state index contributed by atoms with van der Waals surface area (Å²) >= 11 is 0. The predicted molar refractivity (Wildman–Crippen MR) is 48.3 cm³/mol. The van der Waals surface area contributed by atoms with Gasteiger partial charge in [-0.15, -0.1) is 0 Å². The summed E-state index contributed by atoms with van der Waals surface area (Å²) in [6.45, 7) is 0. The van der Waals surface area contributed by atoms with Crippen molar-refractivity contribution in [1.82, 2.24) is 0 Å². The molecule has 0 radical (unpaired) electrons. The molecule has 11 heteroatoms. The average Bonchev–Trinajstić information content (AvgIpc) is 2.06. The van der Waals surface area contributed by atoms with Gasteiger partial charge in [-0.2, -0.15) is 13.2 Å². The zero-order chi connectivity index (χ0) is 13.6. The Labute approximate surface area is 93.6 Å². The van der Waals surface area contributed by atoms with E-state index < -0.39 is 53.1 Å². The van der Waals surface area contributed by atoms with Gasteiger partial charge in [0.25, 0.3) is 0 Å². The fourth-order valence-corrected chi connectivity index (χ4v) is 5.55. The van der Waals surface area contributed by atoms with Gasteiger partial charge < -0.3 is 5.11 Å². The Balaban J connectivity index is 3.85. The largest absolute Gasteiger partial charge is 0.477 e. The third kappa shape index (κ3) is 2.44. The molecule has 0 saturated heterocycles. The molecule has 0 aromatic carbocycles. The van der Waals surface area contributed by atoms with Crippen molar-refractivity contribution in [3.63, 3.8) is 0 Å². The molecule has 6 nitrogen and oxygen atoms in total. The van der Waals surface area contributed by atoms with Crippen molar-refractivity contribution in [1.29, 1.82) is 0 Å². The molecule has 0 aromatic heterocycles. The quantitative estimate of drug-likeness (QED) is 0.711. The van der Waals surface area contributed by atoms with Gasteiger partial charge in [0.15, 0.2) is 29.5 Å². The molecule has 1 N–H and O–H groups in total. The van der Waals surface area contributed by atoms with Crippen molar-refractivity contribution < 1.29 is 39.9 Å². The van der Waals surface area contributed by atoms with E-state index >= 15 is 0 Å². The molecule has 0 aromatic rings. The van der Waals surface area contributed by atoms with Gasteiger partial charge in [0, 0.05) is 0 Å². The molecule has 17 heavy (non-hydrogen) atoms. The number of carboxylic acids is 1. The number of aliphatic carboxylic acids is 1. The minimum atomic E-state index is -5.56. The lowest BCUT2D eigenvalue weighted by Gasteiger charge is -2.19. The molecule has 0 atom stereocenters. The Morgan fingerprint density at radius 1 is 1.06 bits per heavy atom. The van der Waals surface area contributed by atoms with Gasteiger partial charge in [0.1, 0.15) is 0 Å². The third-order valence-corrected chi connectivity index (χ3v) is 5.83.